The highest BCUT2D eigenvalue weighted by Gasteiger charge is 2.29. The van der Waals surface area contributed by atoms with E-state index in [4.69, 9.17) is 10.5 Å². The van der Waals surface area contributed by atoms with Gasteiger partial charge in [0.05, 0.1) is 6.07 Å². The number of hydrogen-bond acceptors (Lipinski definition) is 4. The largest absolute Gasteiger partial charge is 0.474 e. The van der Waals surface area contributed by atoms with E-state index in [-0.39, 0.29) is 11.7 Å². The first-order valence-electron chi connectivity index (χ1n) is 5.68. The molecule has 1 aromatic rings. The normalized spacial score (nSPS) is 23.9. The van der Waals surface area contributed by atoms with E-state index < -0.39 is 0 Å². The molecule has 2 rings (SSSR count). The van der Waals surface area contributed by atoms with Gasteiger partial charge < -0.3 is 15.5 Å². The maximum Gasteiger partial charge on any atom is 0.254 e. The fourth-order valence-corrected chi connectivity index (χ4v) is 1.85. The Hall–Kier alpha value is -1.36. The van der Waals surface area contributed by atoms with E-state index in [1.54, 1.807) is 0 Å². The summed E-state index contributed by atoms with van der Waals surface area (Å²) in [6.45, 7) is 2.65. The zero-order chi connectivity index (χ0) is 11.5. The summed E-state index contributed by atoms with van der Waals surface area (Å²) in [6, 6.07) is 1.40. The molecule has 5 heteroatoms. The predicted octanol–water partition coefficient (Wildman–Crippen LogP) is 0.448. The van der Waals surface area contributed by atoms with Gasteiger partial charge in [0.1, 0.15) is 11.9 Å². The van der Waals surface area contributed by atoms with Gasteiger partial charge >= 0.3 is 0 Å². The van der Waals surface area contributed by atoms with Crippen LogP contribution >= 0.6 is 0 Å². The molecule has 0 aliphatic heterocycles. The summed E-state index contributed by atoms with van der Waals surface area (Å²) in [5.74, 6) is 1.66. The zero-order valence-corrected chi connectivity index (χ0v) is 9.40. The van der Waals surface area contributed by atoms with Crippen LogP contribution in [0.3, 0.4) is 0 Å². The molecule has 1 aliphatic carbocycles. The second-order valence-corrected chi connectivity index (χ2v) is 4.20. The number of hydrogen-bond donors (Lipinski definition) is 2. The van der Waals surface area contributed by atoms with Crippen molar-refractivity contribution in [2.24, 2.45) is 11.7 Å². The maximum absolute atomic E-state index is 11.3. The summed E-state index contributed by atoms with van der Waals surface area (Å²) < 4.78 is 5.62. The maximum atomic E-state index is 11.3. The number of ether oxygens (including phenoxy) is 1. The average molecular weight is 223 g/mol. The summed E-state index contributed by atoms with van der Waals surface area (Å²) in [5.41, 5.74) is 5.38. The van der Waals surface area contributed by atoms with Crippen LogP contribution < -0.4 is 16.0 Å². The van der Waals surface area contributed by atoms with Crippen LogP contribution in [0.1, 0.15) is 25.6 Å². The molecule has 1 fully saturated rings. The molecule has 0 spiro atoms. The van der Waals surface area contributed by atoms with Crippen molar-refractivity contribution in [3.63, 3.8) is 0 Å². The summed E-state index contributed by atoms with van der Waals surface area (Å²) >= 11 is 0. The van der Waals surface area contributed by atoms with Crippen molar-refractivity contribution in [1.82, 2.24) is 9.97 Å². The van der Waals surface area contributed by atoms with E-state index in [1.165, 1.54) is 6.07 Å². The summed E-state index contributed by atoms with van der Waals surface area (Å²) in [5, 5.41) is 0. The van der Waals surface area contributed by atoms with Crippen LogP contribution in [0, 0.1) is 5.92 Å². The first-order chi connectivity index (χ1) is 7.71. The summed E-state index contributed by atoms with van der Waals surface area (Å²) in [6.07, 6.45) is 2.80. The zero-order valence-electron chi connectivity index (χ0n) is 9.40. The number of H-pyrrole nitrogens is 1. The Balaban J connectivity index is 1.99. The van der Waals surface area contributed by atoms with Crippen LogP contribution in [0.2, 0.25) is 0 Å². The molecule has 1 saturated carbocycles. The number of aryl methyl sites for hydroxylation is 1. The Morgan fingerprint density at radius 1 is 1.62 bits per heavy atom. The average Bonchev–Trinajstić information content (AvgIpc) is 2.22. The molecule has 0 saturated heterocycles. The molecule has 0 aromatic carbocycles. The van der Waals surface area contributed by atoms with E-state index in [0.29, 0.717) is 30.6 Å². The van der Waals surface area contributed by atoms with Crippen LogP contribution in [0.25, 0.3) is 0 Å². The van der Waals surface area contributed by atoms with Gasteiger partial charge in [0.25, 0.3) is 5.56 Å². The quantitative estimate of drug-likeness (QED) is 0.776. The van der Waals surface area contributed by atoms with Crippen molar-refractivity contribution >= 4 is 0 Å². The molecule has 0 amide bonds. The standard InChI is InChI=1S/C11H17N3O2/c1-2-9-13-10(15)5-11(14-9)16-8-3-7(4-8)6-12/h5,7-8H,2-4,6,12H2,1H3,(H,13,14,15). The van der Waals surface area contributed by atoms with Crippen molar-refractivity contribution in [2.75, 3.05) is 6.54 Å². The lowest BCUT2D eigenvalue weighted by molar-refractivity contribution is 0.0644. The molecular weight excluding hydrogens is 206 g/mol. The molecule has 0 radical (unpaired) electrons. The molecule has 16 heavy (non-hydrogen) atoms. The van der Waals surface area contributed by atoms with Gasteiger partial charge in [-0.15, -0.1) is 0 Å². The number of nitrogens with two attached hydrogens (primary N) is 1. The highest BCUT2D eigenvalue weighted by atomic mass is 16.5. The monoisotopic (exact) mass is 223 g/mol. The molecule has 88 valence electrons. The fraction of sp³-hybridized carbons (Fsp3) is 0.636. The molecular formula is C11H17N3O2. The van der Waals surface area contributed by atoms with Crippen LogP contribution in [-0.4, -0.2) is 22.6 Å². The van der Waals surface area contributed by atoms with Gasteiger partial charge in [-0.3, -0.25) is 4.79 Å². The van der Waals surface area contributed by atoms with Crippen LogP contribution in [0.5, 0.6) is 5.88 Å². The molecule has 0 unspecified atom stereocenters. The van der Waals surface area contributed by atoms with E-state index >= 15 is 0 Å². The molecule has 3 N–H and O–H groups in total. The smallest absolute Gasteiger partial charge is 0.254 e. The van der Waals surface area contributed by atoms with Gasteiger partial charge in [0.2, 0.25) is 5.88 Å². The predicted molar refractivity (Wildman–Crippen MR) is 60.4 cm³/mol. The highest BCUT2D eigenvalue weighted by molar-refractivity contribution is 5.10. The molecule has 5 nitrogen and oxygen atoms in total. The number of rotatable bonds is 4. The number of aromatic amines is 1. The highest BCUT2D eigenvalue weighted by Crippen LogP contribution is 2.29. The minimum Gasteiger partial charge on any atom is -0.474 e. The van der Waals surface area contributed by atoms with Crippen molar-refractivity contribution in [1.29, 1.82) is 0 Å². The molecule has 1 aromatic heterocycles. The molecule has 1 heterocycles. The molecule has 0 atom stereocenters. The van der Waals surface area contributed by atoms with Gasteiger partial charge in [0.15, 0.2) is 0 Å². The molecule has 1 aliphatic rings. The van der Waals surface area contributed by atoms with Crippen LogP contribution in [-0.2, 0) is 6.42 Å². The third kappa shape index (κ3) is 2.41. The lowest BCUT2D eigenvalue weighted by atomic mass is 9.82. The summed E-state index contributed by atoms with van der Waals surface area (Å²) in [7, 11) is 0. The number of nitrogens with zero attached hydrogens (tertiary/aromatic N) is 1. The SMILES string of the molecule is CCc1nc(OC2CC(CN)C2)cc(=O)[nH]1. The molecule has 0 bridgehead atoms. The van der Waals surface area contributed by atoms with E-state index in [0.717, 1.165) is 12.8 Å². The van der Waals surface area contributed by atoms with Gasteiger partial charge in [-0.1, -0.05) is 6.92 Å². The minimum atomic E-state index is -0.156. The van der Waals surface area contributed by atoms with Crippen molar-refractivity contribution < 1.29 is 4.74 Å². The Labute approximate surface area is 94.0 Å². The lowest BCUT2D eigenvalue weighted by Crippen LogP contribution is -2.38. The van der Waals surface area contributed by atoms with E-state index in [2.05, 4.69) is 9.97 Å². The fourth-order valence-electron chi connectivity index (χ4n) is 1.85. The van der Waals surface area contributed by atoms with Gasteiger partial charge in [-0.25, -0.2) is 4.98 Å². The van der Waals surface area contributed by atoms with E-state index in [1.807, 2.05) is 6.92 Å². The van der Waals surface area contributed by atoms with Crippen LogP contribution in [0.15, 0.2) is 10.9 Å². The summed E-state index contributed by atoms with van der Waals surface area (Å²) in [4.78, 5) is 18.2. The first kappa shape index (κ1) is 11.1. The lowest BCUT2D eigenvalue weighted by Gasteiger charge is -2.34. The Morgan fingerprint density at radius 2 is 2.38 bits per heavy atom. The second-order valence-electron chi connectivity index (χ2n) is 4.20. The van der Waals surface area contributed by atoms with Gasteiger partial charge in [-0.05, 0) is 25.3 Å². The van der Waals surface area contributed by atoms with Crippen molar-refractivity contribution in [3.8, 4) is 5.88 Å². The third-order valence-corrected chi connectivity index (χ3v) is 2.92. The minimum absolute atomic E-state index is 0.156. The van der Waals surface area contributed by atoms with Gasteiger partial charge in [-0.2, -0.15) is 0 Å². The van der Waals surface area contributed by atoms with Crippen molar-refractivity contribution in [3.05, 3.63) is 22.2 Å². The first-order valence-corrected chi connectivity index (χ1v) is 5.68. The second kappa shape index (κ2) is 4.65. The van der Waals surface area contributed by atoms with Crippen molar-refractivity contribution in [2.45, 2.75) is 32.3 Å². The number of nitrogens with one attached hydrogen (secondary N) is 1. The Bertz CT molecular complexity index is 410. The third-order valence-electron chi connectivity index (χ3n) is 2.92. The van der Waals surface area contributed by atoms with Crippen LogP contribution in [0.4, 0.5) is 0 Å². The Morgan fingerprint density at radius 3 is 3.00 bits per heavy atom. The van der Waals surface area contributed by atoms with E-state index in [9.17, 15) is 4.79 Å². The number of aromatic nitrogens is 2. The Kier molecular flexibility index (Phi) is 3.24. The topological polar surface area (TPSA) is 81.0 Å². The van der Waals surface area contributed by atoms with Gasteiger partial charge in [0, 0.05) is 6.42 Å².